The highest BCUT2D eigenvalue weighted by Crippen LogP contribution is 2.18. The molecule has 23 heavy (non-hydrogen) atoms. The van der Waals surface area contributed by atoms with E-state index < -0.39 is 0 Å². The van der Waals surface area contributed by atoms with Gasteiger partial charge in [-0.15, -0.1) is 0 Å². The molecule has 0 unspecified atom stereocenters. The number of nitrogen functional groups attached to an aromatic ring is 1. The predicted octanol–water partition coefficient (Wildman–Crippen LogP) is 2.63. The van der Waals surface area contributed by atoms with Crippen molar-refractivity contribution in [3.63, 3.8) is 0 Å². The lowest BCUT2D eigenvalue weighted by molar-refractivity contribution is -0.126. The van der Waals surface area contributed by atoms with E-state index in [-0.39, 0.29) is 5.91 Å². The van der Waals surface area contributed by atoms with Gasteiger partial charge in [0.25, 0.3) is 0 Å². The number of carbonyl (C=O) groups is 1. The van der Waals surface area contributed by atoms with Crippen molar-refractivity contribution in [2.24, 2.45) is 0 Å². The first kappa shape index (κ1) is 15.2. The van der Waals surface area contributed by atoms with E-state index in [1.807, 2.05) is 65.6 Å². The maximum atomic E-state index is 12.3. The van der Waals surface area contributed by atoms with Crippen LogP contribution in [0.1, 0.15) is 5.56 Å². The van der Waals surface area contributed by atoms with Gasteiger partial charge >= 0.3 is 0 Å². The molecule has 1 amide bonds. The van der Waals surface area contributed by atoms with Crippen LogP contribution >= 0.6 is 0 Å². The third-order valence-electron chi connectivity index (χ3n) is 4.07. The molecule has 4 nitrogen and oxygen atoms in total. The second-order valence-electron chi connectivity index (χ2n) is 5.65. The van der Waals surface area contributed by atoms with E-state index in [9.17, 15) is 4.79 Å². The van der Waals surface area contributed by atoms with Crippen molar-refractivity contribution in [2.45, 2.75) is 0 Å². The molecule has 0 aromatic heterocycles. The van der Waals surface area contributed by atoms with Crippen molar-refractivity contribution in [2.75, 3.05) is 36.8 Å². The van der Waals surface area contributed by atoms with Gasteiger partial charge in [0.2, 0.25) is 5.91 Å². The summed E-state index contributed by atoms with van der Waals surface area (Å²) >= 11 is 0. The lowest BCUT2D eigenvalue weighted by Crippen LogP contribution is -2.48. The Morgan fingerprint density at radius 1 is 0.913 bits per heavy atom. The van der Waals surface area contributed by atoms with Crippen molar-refractivity contribution in [3.8, 4) is 0 Å². The fourth-order valence-corrected chi connectivity index (χ4v) is 2.71. The number of anilines is 2. The second-order valence-corrected chi connectivity index (χ2v) is 5.65. The van der Waals surface area contributed by atoms with Crippen LogP contribution in [0.4, 0.5) is 11.4 Å². The van der Waals surface area contributed by atoms with Gasteiger partial charge in [-0.1, -0.05) is 30.3 Å². The number of nitrogens with zero attached hydrogens (tertiary/aromatic N) is 2. The molecule has 0 spiro atoms. The standard InChI is InChI=1S/C19H21N3O/c20-17-7-9-18(10-8-17)21-12-14-22(15-13-21)19(23)11-6-16-4-2-1-3-5-16/h1-11H,12-15,20H2/b11-6+. The minimum atomic E-state index is 0.0748. The fraction of sp³-hybridized carbons (Fsp3) is 0.211. The van der Waals surface area contributed by atoms with Crippen molar-refractivity contribution in [3.05, 3.63) is 66.2 Å². The molecule has 2 N–H and O–H groups in total. The topological polar surface area (TPSA) is 49.6 Å². The molecule has 1 aliphatic rings. The van der Waals surface area contributed by atoms with Gasteiger partial charge in [0.15, 0.2) is 0 Å². The molecular formula is C19H21N3O. The Bertz CT molecular complexity index is 672. The van der Waals surface area contributed by atoms with E-state index in [4.69, 9.17) is 5.73 Å². The van der Waals surface area contributed by atoms with Gasteiger partial charge < -0.3 is 15.5 Å². The summed E-state index contributed by atoms with van der Waals surface area (Å²) in [5.41, 5.74) is 8.69. The van der Waals surface area contributed by atoms with Crippen LogP contribution in [0.25, 0.3) is 6.08 Å². The van der Waals surface area contributed by atoms with Crippen LogP contribution < -0.4 is 10.6 Å². The summed E-state index contributed by atoms with van der Waals surface area (Å²) in [5.74, 6) is 0.0748. The molecule has 0 aliphatic carbocycles. The van der Waals surface area contributed by atoms with E-state index in [0.29, 0.717) is 0 Å². The van der Waals surface area contributed by atoms with Crippen molar-refractivity contribution < 1.29 is 4.79 Å². The monoisotopic (exact) mass is 307 g/mol. The molecule has 1 heterocycles. The van der Waals surface area contributed by atoms with Gasteiger partial charge in [-0.25, -0.2) is 0 Å². The zero-order chi connectivity index (χ0) is 16.1. The lowest BCUT2D eigenvalue weighted by atomic mass is 10.2. The Morgan fingerprint density at radius 3 is 2.22 bits per heavy atom. The van der Waals surface area contributed by atoms with E-state index >= 15 is 0 Å². The van der Waals surface area contributed by atoms with Gasteiger partial charge in [-0.05, 0) is 35.9 Å². The van der Waals surface area contributed by atoms with Crippen molar-refractivity contribution >= 4 is 23.4 Å². The summed E-state index contributed by atoms with van der Waals surface area (Å²) in [7, 11) is 0. The summed E-state index contributed by atoms with van der Waals surface area (Å²) in [6.45, 7) is 3.16. The SMILES string of the molecule is Nc1ccc(N2CCN(C(=O)/C=C/c3ccccc3)CC2)cc1. The number of rotatable bonds is 3. The molecule has 0 saturated carbocycles. The number of nitrogens with two attached hydrogens (primary N) is 1. The molecule has 0 atom stereocenters. The fourth-order valence-electron chi connectivity index (χ4n) is 2.71. The third-order valence-corrected chi connectivity index (χ3v) is 4.07. The van der Waals surface area contributed by atoms with E-state index in [1.165, 1.54) is 0 Å². The molecule has 0 bridgehead atoms. The summed E-state index contributed by atoms with van der Waals surface area (Å²) < 4.78 is 0. The lowest BCUT2D eigenvalue weighted by Gasteiger charge is -2.35. The second kappa shape index (κ2) is 7.01. The summed E-state index contributed by atoms with van der Waals surface area (Å²) in [6.07, 6.45) is 3.53. The largest absolute Gasteiger partial charge is 0.399 e. The number of carbonyl (C=O) groups excluding carboxylic acids is 1. The van der Waals surface area contributed by atoms with Crippen molar-refractivity contribution in [1.29, 1.82) is 0 Å². The smallest absolute Gasteiger partial charge is 0.246 e. The average molecular weight is 307 g/mol. The predicted molar refractivity (Wildman–Crippen MR) is 95.1 cm³/mol. The number of amides is 1. The van der Waals surface area contributed by atoms with Crippen LogP contribution in [0.3, 0.4) is 0 Å². The van der Waals surface area contributed by atoms with E-state index in [1.54, 1.807) is 6.08 Å². The molecule has 1 saturated heterocycles. The van der Waals surface area contributed by atoms with Gasteiger partial charge in [0, 0.05) is 43.6 Å². The number of hydrogen-bond donors (Lipinski definition) is 1. The molecule has 2 aromatic rings. The molecule has 3 rings (SSSR count). The van der Waals surface area contributed by atoms with E-state index in [2.05, 4.69) is 4.90 Å². The Kier molecular flexibility index (Phi) is 4.62. The first-order chi connectivity index (χ1) is 11.2. The first-order valence-electron chi connectivity index (χ1n) is 7.85. The molecule has 1 fully saturated rings. The highest BCUT2D eigenvalue weighted by Gasteiger charge is 2.19. The van der Waals surface area contributed by atoms with Crippen LogP contribution in [0.2, 0.25) is 0 Å². The maximum Gasteiger partial charge on any atom is 0.246 e. The molecular weight excluding hydrogens is 286 g/mol. The van der Waals surface area contributed by atoms with Crippen LogP contribution in [-0.4, -0.2) is 37.0 Å². The van der Waals surface area contributed by atoms with Gasteiger partial charge in [0.1, 0.15) is 0 Å². The molecule has 1 aliphatic heterocycles. The van der Waals surface area contributed by atoms with Crippen LogP contribution in [0.5, 0.6) is 0 Å². The number of piperazine rings is 1. The molecule has 4 heteroatoms. The average Bonchev–Trinajstić information content (AvgIpc) is 2.61. The van der Waals surface area contributed by atoms with Crippen molar-refractivity contribution in [1.82, 2.24) is 4.90 Å². The van der Waals surface area contributed by atoms with Gasteiger partial charge in [-0.2, -0.15) is 0 Å². The zero-order valence-electron chi connectivity index (χ0n) is 13.1. The maximum absolute atomic E-state index is 12.3. The minimum absolute atomic E-state index is 0.0748. The Balaban J connectivity index is 1.55. The summed E-state index contributed by atoms with van der Waals surface area (Å²) in [4.78, 5) is 16.4. The van der Waals surface area contributed by atoms with Gasteiger partial charge in [-0.3, -0.25) is 4.79 Å². The molecule has 0 radical (unpaired) electrons. The Hall–Kier alpha value is -2.75. The van der Waals surface area contributed by atoms with Crippen LogP contribution in [0, 0.1) is 0 Å². The Morgan fingerprint density at radius 2 is 1.57 bits per heavy atom. The van der Waals surface area contributed by atoms with Crippen LogP contribution in [-0.2, 0) is 4.79 Å². The highest BCUT2D eigenvalue weighted by molar-refractivity contribution is 5.92. The molecule has 118 valence electrons. The first-order valence-corrected chi connectivity index (χ1v) is 7.85. The minimum Gasteiger partial charge on any atom is -0.399 e. The van der Waals surface area contributed by atoms with Crippen LogP contribution in [0.15, 0.2) is 60.7 Å². The molecule has 2 aromatic carbocycles. The van der Waals surface area contributed by atoms with Gasteiger partial charge in [0.05, 0.1) is 0 Å². The highest BCUT2D eigenvalue weighted by atomic mass is 16.2. The normalized spacial score (nSPS) is 15.1. The Labute approximate surface area is 136 Å². The third kappa shape index (κ3) is 3.92. The summed E-state index contributed by atoms with van der Waals surface area (Å²) in [6, 6.07) is 17.8. The summed E-state index contributed by atoms with van der Waals surface area (Å²) in [5, 5.41) is 0. The van der Waals surface area contributed by atoms with E-state index in [0.717, 1.165) is 43.1 Å². The quantitative estimate of drug-likeness (QED) is 0.700. The number of hydrogen-bond acceptors (Lipinski definition) is 3. The number of benzene rings is 2. The zero-order valence-corrected chi connectivity index (χ0v) is 13.1.